The standard InChI is InChI=1S/C14H11FO2/c15-13-3-1-2-12(8-13)10-17-14-6-4-11(9-16)5-7-14/h1-9H,10H2/i4D,5D,6D,7D,9D,10D2. The third-order valence-corrected chi connectivity index (χ3v) is 1.80. The lowest BCUT2D eigenvalue weighted by atomic mass is 10.2. The maximum atomic E-state index is 13.3. The lowest BCUT2D eigenvalue weighted by molar-refractivity contribution is 0.112. The van der Waals surface area contributed by atoms with Crippen molar-refractivity contribution in [3.63, 3.8) is 0 Å². The van der Waals surface area contributed by atoms with Gasteiger partial charge in [-0.1, -0.05) is 12.1 Å². The molecule has 0 saturated carbocycles. The highest BCUT2D eigenvalue weighted by Gasteiger charge is 1.98. The van der Waals surface area contributed by atoms with Crippen LogP contribution in [0, 0.1) is 5.82 Å². The normalized spacial score (nSPS) is 16.6. The SMILES string of the molecule is [2H]C(=O)c1c([2H])c([2H])c(OC([2H])([2H])c2cccc(F)c2)c([2H])c1[2H]. The molecule has 0 unspecified atom stereocenters. The van der Waals surface area contributed by atoms with Crippen LogP contribution in [0.1, 0.15) is 25.5 Å². The second-order valence-electron chi connectivity index (χ2n) is 3.02. The van der Waals surface area contributed by atoms with E-state index >= 15 is 0 Å². The van der Waals surface area contributed by atoms with Crippen molar-refractivity contribution in [2.45, 2.75) is 6.56 Å². The molecule has 2 rings (SSSR count). The molecular formula is C14H11FO2. The molecule has 86 valence electrons. The van der Waals surface area contributed by atoms with Crippen LogP contribution in [0.5, 0.6) is 5.75 Å². The van der Waals surface area contributed by atoms with E-state index in [1.54, 1.807) is 0 Å². The number of hydrogen-bond donors (Lipinski definition) is 0. The molecule has 0 spiro atoms. The molecule has 0 aliphatic heterocycles. The molecule has 0 heterocycles. The lowest BCUT2D eigenvalue weighted by Gasteiger charge is -2.06. The van der Waals surface area contributed by atoms with Gasteiger partial charge in [-0.05, 0) is 41.9 Å². The van der Waals surface area contributed by atoms with E-state index < -0.39 is 54.1 Å². The first-order chi connectivity index (χ1) is 11.1. The van der Waals surface area contributed by atoms with Crippen molar-refractivity contribution in [1.29, 1.82) is 0 Å². The monoisotopic (exact) mass is 237 g/mol. The molecule has 2 aromatic carbocycles. The van der Waals surface area contributed by atoms with Gasteiger partial charge >= 0.3 is 0 Å². The summed E-state index contributed by atoms with van der Waals surface area (Å²) in [5.41, 5.74) is -0.955. The van der Waals surface area contributed by atoms with Crippen molar-refractivity contribution >= 4 is 6.26 Å². The number of carbonyl (C=O) groups is 1. The minimum absolute atomic E-state index is 0.222. The van der Waals surface area contributed by atoms with Gasteiger partial charge in [-0.2, -0.15) is 0 Å². The van der Waals surface area contributed by atoms with Crippen LogP contribution in [0.15, 0.2) is 48.4 Å². The number of aldehydes is 1. The highest BCUT2D eigenvalue weighted by atomic mass is 19.1. The van der Waals surface area contributed by atoms with E-state index in [1.165, 1.54) is 12.1 Å². The Morgan fingerprint density at radius 3 is 2.82 bits per heavy atom. The number of ether oxygens (including phenoxy) is 1. The molecule has 2 nitrogen and oxygen atoms in total. The third kappa shape index (κ3) is 3.14. The summed E-state index contributed by atoms with van der Waals surface area (Å²) in [6, 6.07) is 1.26. The van der Waals surface area contributed by atoms with E-state index in [2.05, 4.69) is 0 Å². The van der Waals surface area contributed by atoms with E-state index in [9.17, 15) is 9.18 Å². The number of carbonyl (C=O) groups excluding carboxylic acids is 1. The van der Waals surface area contributed by atoms with Crippen LogP contribution in [0.4, 0.5) is 4.39 Å². The molecule has 0 N–H and O–H groups in total. The van der Waals surface area contributed by atoms with Gasteiger partial charge in [0.05, 0.1) is 8.22 Å². The molecule has 0 amide bonds. The minimum atomic E-state index is -2.64. The minimum Gasteiger partial charge on any atom is -0.489 e. The van der Waals surface area contributed by atoms with Gasteiger partial charge in [0.2, 0.25) is 0 Å². The predicted octanol–water partition coefficient (Wildman–Crippen LogP) is 3.22. The molecule has 0 fully saturated rings. The fourth-order valence-electron chi connectivity index (χ4n) is 1.07. The maximum absolute atomic E-state index is 13.3. The number of hydrogen-bond acceptors (Lipinski definition) is 2. The second kappa shape index (κ2) is 5.25. The molecule has 3 heteroatoms. The average molecular weight is 237 g/mol. The summed E-state index contributed by atoms with van der Waals surface area (Å²) < 4.78 is 71.8. The van der Waals surface area contributed by atoms with Crippen LogP contribution >= 0.6 is 0 Å². The lowest BCUT2D eigenvalue weighted by Crippen LogP contribution is -1.95. The van der Waals surface area contributed by atoms with E-state index in [1.807, 2.05) is 0 Å². The molecular weight excluding hydrogens is 219 g/mol. The fourth-order valence-corrected chi connectivity index (χ4v) is 1.07. The summed E-state index contributed by atoms with van der Waals surface area (Å²) in [7, 11) is 0. The molecule has 17 heavy (non-hydrogen) atoms. The Labute approximate surface area is 108 Å². The van der Waals surface area contributed by atoms with Gasteiger partial charge in [0.15, 0.2) is 0 Å². The molecule has 2 aromatic rings. The van der Waals surface area contributed by atoms with Gasteiger partial charge in [0.25, 0.3) is 0 Å². The van der Waals surface area contributed by atoms with Crippen LogP contribution in [-0.4, -0.2) is 6.26 Å². The zero-order chi connectivity index (χ0) is 18.2. The maximum Gasteiger partial charge on any atom is 0.150 e. The van der Waals surface area contributed by atoms with E-state index in [0.717, 1.165) is 12.1 Å². The summed E-state index contributed by atoms with van der Waals surface area (Å²) in [5.74, 6) is -1.45. The van der Waals surface area contributed by atoms with Crippen LogP contribution in [0.2, 0.25) is 0 Å². The first-order valence-corrected chi connectivity index (χ1v) is 4.62. The summed E-state index contributed by atoms with van der Waals surface area (Å²) in [4.78, 5) is 11.2. The van der Waals surface area contributed by atoms with Crippen LogP contribution < -0.4 is 4.74 Å². The van der Waals surface area contributed by atoms with Crippen molar-refractivity contribution in [2.75, 3.05) is 0 Å². The van der Waals surface area contributed by atoms with Crippen LogP contribution in [0.25, 0.3) is 0 Å². The second-order valence-corrected chi connectivity index (χ2v) is 3.02. The number of rotatable bonds is 4. The molecule has 0 aliphatic rings. The third-order valence-electron chi connectivity index (χ3n) is 1.80. The van der Waals surface area contributed by atoms with Gasteiger partial charge in [0, 0.05) is 5.56 Å². The Bertz CT molecular complexity index is 794. The number of benzene rings is 2. The Kier molecular flexibility index (Phi) is 1.68. The average Bonchev–Trinajstić information content (AvgIpc) is 2.49. The topological polar surface area (TPSA) is 26.3 Å². The number of halogens is 1. The molecule has 0 saturated heterocycles. The first kappa shape index (κ1) is 5.45. The van der Waals surface area contributed by atoms with Crippen molar-refractivity contribution in [3.8, 4) is 5.75 Å². The Balaban J connectivity index is 2.56. The smallest absolute Gasteiger partial charge is 0.150 e. The van der Waals surface area contributed by atoms with Gasteiger partial charge in [-0.25, -0.2) is 4.39 Å². The van der Waals surface area contributed by atoms with E-state index in [4.69, 9.17) is 14.3 Å². The van der Waals surface area contributed by atoms with Crippen molar-refractivity contribution in [2.24, 2.45) is 0 Å². The van der Waals surface area contributed by atoms with E-state index in [0.29, 0.717) is 0 Å². The predicted molar refractivity (Wildman–Crippen MR) is 62.6 cm³/mol. The fraction of sp³-hybridized carbons (Fsp3) is 0.0714. The van der Waals surface area contributed by atoms with Crippen molar-refractivity contribution < 1.29 is 23.5 Å². The zero-order valence-corrected chi connectivity index (χ0v) is 8.50. The van der Waals surface area contributed by atoms with Crippen LogP contribution in [0.3, 0.4) is 0 Å². The first-order valence-electron chi connectivity index (χ1n) is 8.12. The van der Waals surface area contributed by atoms with Gasteiger partial charge in [-0.3, -0.25) is 4.79 Å². The summed E-state index contributed by atoms with van der Waals surface area (Å²) in [6.45, 7) is -2.64. The Hall–Kier alpha value is -2.16. The van der Waals surface area contributed by atoms with E-state index in [-0.39, 0.29) is 5.56 Å². The molecule has 0 aliphatic carbocycles. The molecule has 0 atom stereocenters. The van der Waals surface area contributed by atoms with Gasteiger partial charge in [0.1, 0.15) is 25.8 Å². The highest BCUT2D eigenvalue weighted by molar-refractivity contribution is 5.74. The molecule has 0 aromatic heterocycles. The largest absolute Gasteiger partial charge is 0.489 e. The Morgan fingerprint density at radius 2 is 2.18 bits per heavy atom. The quantitative estimate of drug-likeness (QED) is 0.763. The van der Waals surface area contributed by atoms with Gasteiger partial charge in [-0.15, -0.1) is 0 Å². The van der Waals surface area contributed by atoms with Crippen LogP contribution in [-0.2, 0) is 6.56 Å². The summed E-state index contributed by atoms with van der Waals surface area (Å²) in [6.07, 6.45) is -1.40. The molecule has 0 radical (unpaired) electrons. The van der Waals surface area contributed by atoms with Crippen molar-refractivity contribution in [1.82, 2.24) is 0 Å². The summed E-state index contributed by atoms with van der Waals surface area (Å²) >= 11 is 0. The molecule has 0 bridgehead atoms. The highest BCUT2D eigenvalue weighted by Crippen LogP contribution is 2.13. The summed E-state index contributed by atoms with van der Waals surface area (Å²) in [5, 5.41) is 0. The van der Waals surface area contributed by atoms with Gasteiger partial charge < -0.3 is 4.74 Å². The van der Waals surface area contributed by atoms with Crippen molar-refractivity contribution in [3.05, 3.63) is 65.4 Å². The zero-order valence-electron chi connectivity index (χ0n) is 15.5. The Morgan fingerprint density at radius 1 is 1.41 bits per heavy atom.